The number of nitro groups is 1. The number of benzene rings is 1. The van der Waals surface area contributed by atoms with Gasteiger partial charge in [-0.3, -0.25) is 14.8 Å². The summed E-state index contributed by atoms with van der Waals surface area (Å²) in [6.45, 7) is 4.14. The Balaban J connectivity index is 2.27. The van der Waals surface area contributed by atoms with E-state index in [1.54, 1.807) is 4.68 Å². The molecule has 2 rings (SSSR count). The Labute approximate surface area is 115 Å². The molecule has 0 aliphatic carbocycles. The molecular formula is C13H15FN4O2. The van der Waals surface area contributed by atoms with E-state index in [0.717, 1.165) is 35.2 Å². The van der Waals surface area contributed by atoms with E-state index >= 15 is 0 Å². The van der Waals surface area contributed by atoms with Crippen molar-refractivity contribution < 1.29 is 9.31 Å². The van der Waals surface area contributed by atoms with Crippen LogP contribution in [0, 0.1) is 29.8 Å². The van der Waals surface area contributed by atoms with Gasteiger partial charge in [0, 0.05) is 37.0 Å². The monoisotopic (exact) mass is 278 g/mol. The molecule has 1 aromatic heterocycles. The lowest BCUT2D eigenvalue weighted by atomic mass is 10.2. The maximum atomic E-state index is 13.2. The Morgan fingerprint density at radius 3 is 2.70 bits per heavy atom. The van der Waals surface area contributed by atoms with Gasteiger partial charge < -0.3 is 5.32 Å². The largest absolute Gasteiger partial charge is 0.375 e. The molecular weight excluding hydrogens is 263 g/mol. The third-order valence-corrected chi connectivity index (χ3v) is 3.27. The molecule has 2 aromatic rings. The lowest BCUT2D eigenvalue weighted by molar-refractivity contribution is -0.384. The SMILES string of the molecule is Cc1nn(C)c(C)c1CNc1cc(F)ccc1[N+](=O)[O-]. The van der Waals surface area contributed by atoms with Crippen LogP contribution in [0.5, 0.6) is 0 Å². The summed E-state index contributed by atoms with van der Waals surface area (Å²) in [5.41, 5.74) is 2.78. The van der Waals surface area contributed by atoms with Gasteiger partial charge in [-0.1, -0.05) is 0 Å². The first-order chi connectivity index (χ1) is 9.40. The fraction of sp³-hybridized carbons (Fsp3) is 0.308. The number of aryl methyl sites for hydroxylation is 2. The second-order valence-corrected chi connectivity index (χ2v) is 4.55. The number of anilines is 1. The van der Waals surface area contributed by atoms with Gasteiger partial charge in [0.1, 0.15) is 11.5 Å². The molecule has 1 heterocycles. The van der Waals surface area contributed by atoms with Crippen LogP contribution in [0.25, 0.3) is 0 Å². The van der Waals surface area contributed by atoms with Gasteiger partial charge in [0.25, 0.3) is 5.69 Å². The number of aromatic nitrogens is 2. The summed E-state index contributed by atoms with van der Waals surface area (Å²) in [6.07, 6.45) is 0. The first kappa shape index (κ1) is 14.0. The molecule has 0 saturated heterocycles. The maximum absolute atomic E-state index is 13.2. The van der Waals surface area contributed by atoms with E-state index in [9.17, 15) is 14.5 Å². The van der Waals surface area contributed by atoms with E-state index in [0.29, 0.717) is 6.54 Å². The Hall–Kier alpha value is -2.44. The van der Waals surface area contributed by atoms with Gasteiger partial charge in [-0.25, -0.2) is 4.39 Å². The highest BCUT2D eigenvalue weighted by Gasteiger charge is 2.16. The fourth-order valence-electron chi connectivity index (χ4n) is 2.07. The highest BCUT2D eigenvalue weighted by molar-refractivity contribution is 5.61. The molecule has 0 atom stereocenters. The molecule has 6 nitrogen and oxygen atoms in total. The summed E-state index contributed by atoms with van der Waals surface area (Å²) >= 11 is 0. The summed E-state index contributed by atoms with van der Waals surface area (Å²) in [5, 5.41) is 18.1. The van der Waals surface area contributed by atoms with Crippen molar-refractivity contribution in [2.45, 2.75) is 20.4 Å². The molecule has 1 N–H and O–H groups in total. The number of halogens is 1. The summed E-state index contributed by atoms with van der Waals surface area (Å²) in [7, 11) is 1.83. The third kappa shape index (κ3) is 2.61. The lowest BCUT2D eigenvalue weighted by Gasteiger charge is -2.08. The van der Waals surface area contributed by atoms with Gasteiger partial charge in [-0.2, -0.15) is 5.10 Å². The van der Waals surface area contributed by atoms with Crippen LogP contribution in [0.3, 0.4) is 0 Å². The van der Waals surface area contributed by atoms with Crippen molar-refractivity contribution in [2.75, 3.05) is 5.32 Å². The first-order valence-electron chi connectivity index (χ1n) is 6.07. The van der Waals surface area contributed by atoms with Gasteiger partial charge in [0.2, 0.25) is 0 Å². The minimum atomic E-state index is -0.537. The Kier molecular flexibility index (Phi) is 3.69. The fourth-order valence-corrected chi connectivity index (χ4v) is 2.07. The molecule has 0 bridgehead atoms. The molecule has 1 aromatic carbocycles. The number of hydrogen-bond donors (Lipinski definition) is 1. The zero-order valence-electron chi connectivity index (χ0n) is 11.5. The summed E-state index contributed by atoms with van der Waals surface area (Å²) < 4.78 is 15.0. The zero-order chi connectivity index (χ0) is 14.9. The number of nitro benzene ring substituents is 1. The van der Waals surface area contributed by atoms with E-state index < -0.39 is 10.7 Å². The Bertz CT molecular complexity index is 667. The molecule has 106 valence electrons. The van der Waals surface area contributed by atoms with Gasteiger partial charge in [0.05, 0.1) is 10.6 Å². The van der Waals surface area contributed by atoms with Gasteiger partial charge in [-0.05, 0) is 19.9 Å². The van der Waals surface area contributed by atoms with Crippen LogP contribution in [-0.4, -0.2) is 14.7 Å². The number of rotatable bonds is 4. The molecule has 0 radical (unpaired) electrons. The normalized spacial score (nSPS) is 10.6. The highest BCUT2D eigenvalue weighted by atomic mass is 19.1. The number of hydrogen-bond acceptors (Lipinski definition) is 4. The van der Waals surface area contributed by atoms with Crippen molar-refractivity contribution in [3.63, 3.8) is 0 Å². The van der Waals surface area contributed by atoms with Crippen molar-refractivity contribution in [3.8, 4) is 0 Å². The van der Waals surface area contributed by atoms with Crippen LogP contribution in [0.1, 0.15) is 17.0 Å². The molecule has 0 amide bonds. The number of nitrogens with zero attached hydrogens (tertiary/aromatic N) is 3. The number of nitrogens with one attached hydrogen (secondary N) is 1. The second-order valence-electron chi connectivity index (χ2n) is 4.55. The molecule has 0 fully saturated rings. The molecule has 0 saturated carbocycles. The molecule has 0 aliphatic rings. The third-order valence-electron chi connectivity index (χ3n) is 3.27. The van der Waals surface area contributed by atoms with E-state index in [4.69, 9.17) is 0 Å². The van der Waals surface area contributed by atoms with E-state index in [1.807, 2.05) is 20.9 Å². The van der Waals surface area contributed by atoms with Crippen LogP contribution in [0.15, 0.2) is 18.2 Å². The average Bonchev–Trinajstić information content (AvgIpc) is 2.61. The van der Waals surface area contributed by atoms with Gasteiger partial charge in [0.15, 0.2) is 0 Å². The van der Waals surface area contributed by atoms with E-state index in [2.05, 4.69) is 10.4 Å². The minimum Gasteiger partial charge on any atom is -0.375 e. The highest BCUT2D eigenvalue weighted by Crippen LogP contribution is 2.26. The van der Waals surface area contributed by atoms with Gasteiger partial charge >= 0.3 is 0 Å². The van der Waals surface area contributed by atoms with Crippen molar-refractivity contribution >= 4 is 11.4 Å². The molecule has 7 heteroatoms. The molecule has 20 heavy (non-hydrogen) atoms. The average molecular weight is 278 g/mol. The van der Waals surface area contributed by atoms with Crippen molar-refractivity contribution in [1.82, 2.24) is 9.78 Å². The quantitative estimate of drug-likeness (QED) is 0.689. The minimum absolute atomic E-state index is 0.148. The predicted molar refractivity (Wildman–Crippen MR) is 73.1 cm³/mol. The topological polar surface area (TPSA) is 73.0 Å². The van der Waals surface area contributed by atoms with Crippen LogP contribution >= 0.6 is 0 Å². The second kappa shape index (κ2) is 5.28. The molecule has 0 unspecified atom stereocenters. The molecule has 0 aliphatic heterocycles. The van der Waals surface area contributed by atoms with Crippen LogP contribution < -0.4 is 5.32 Å². The molecule has 0 spiro atoms. The zero-order valence-corrected chi connectivity index (χ0v) is 11.5. The Morgan fingerprint density at radius 1 is 1.45 bits per heavy atom. The van der Waals surface area contributed by atoms with Crippen molar-refractivity contribution in [2.24, 2.45) is 7.05 Å². The van der Waals surface area contributed by atoms with E-state index in [1.165, 1.54) is 0 Å². The van der Waals surface area contributed by atoms with Crippen LogP contribution in [0.4, 0.5) is 15.8 Å². The summed E-state index contributed by atoms with van der Waals surface area (Å²) in [6, 6.07) is 3.35. The van der Waals surface area contributed by atoms with Crippen LogP contribution in [-0.2, 0) is 13.6 Å². The standard InChI is InChI=1S/C13H15FN4O2/c1-8-11(9(2)17(3)16-8)7-15-12-6-10(14)4-5-13(12)18(19)20/h4-6,15H,7H2,1-3H3. The lowest BCUT2D eigenvalue weighted by Crippen LogP contribution is -2.05. The Morgan fingerprint density at radius 2 is 2.15 bits per heavy atom. The van der Waals surface area contributed by atoms with Gasteiger partial charge in [-0.15, -0.1) is 0 Å². The summed E-state index contributed by atoms with van der Waals surface area (Å²) in [4.78, 5) is 10.4. The maximum Gasteiger partial charge on any atom is 0.292 e. The predicted octanol–water partition coefficient (Wildman–Crippen LogP) is 2.70. The van der Waals surface area contributed by atoms with Crippen molar-refractivity contribution in [3.05, 3.63) is 51.1 Å². The first-order valence-corrected chi connectivity index (χ1v) is 6.07. The summed E-state index contributed by atoms with van der Waals surface area (Å²) in [5.74, 6) is -0.516. The van der Waals surface area contributed by atoms with Crippen molar-refractivity contribution in [1.29, 1.82) is 0 Å². The van der Waals surface area contributed by atoms with E-state index in [-0.39, 0.29) is 11.4 Å². The van der Waals surface area contributed by atoms with Crippen LogP contribution in [0.2, 0.25) is 0 Å². The smallest absolute Gasteiger partial charge is 0.292 e.